The van der Waals surface area contributed by atoms with Crippen molar-refractivity contribution in [3.63, 3.8) is 0 Å². The summed E-state index contributed by atoms with van der Waals surface area (Å²) >= 11 is 0. The van der Waals surface area contributed by atoms with E-state index in [2.05, 4.69) is 15.6 Å². The Balaban J connectivity index is 1.91. The fourth-order valence-corrected chi connectivity index (χ4v) is 1.36. The number of amides is 1. The summed E-state index contributed by atoms with van der Waals surface area (Å²) in [5, 5.41) is 6.02. The van der Waals surface area contributed by atoms with Crippen LogP contribution in [-0.2, 0) is 0 Å². The van der Waals surface area contributed by atoms with E-state index in [1.54, 1.807) is 0 Å². The van der Waals surface area contributed by atoms with Gasteiger partial charge >= 0.3 is 0 Å². The molecule has 1 atom stereocenters. The second-order valence-corrected chi connectivity index (χ2v) is 3.04. The highest BCUT2D eigenvalue weighted by molar-refractivity contribution is 5.92. The summed E-state index contributed by atoms with van der Waals surface area (Å²) in [5.41, 5.74) is 0.340. The minimum absolute atomic E-state index is 0.164. The quantitative estimate of drug-likeness (QED) is 0.661. The maximum absolute atomic E-state index is 11.4. The van der Waals surface area contributed by atoms with E-state index in [-0.39, 0.29) is 11.9 Å². The van der Waals surface area contributed by atoms with Gasteiger partial charge in [-0.3, -0.25) is 4.79 Å². The van der Waals surface area contributed by atoms with Gasteiger partial charge in [-0.25, -0.2) is 4.98 Å². The topological polar surface area (TPSA) is 67.2 Å². The smallest absolute Gasteiger partial charge is 0.273 e. The monoisotopic (exact) mass is 181 g/mol. The maximum atomic E-state index is 11.4. The van der Waals surface area contributed by atoms with Gasteiger partial charge in [0.2, 0.25) is 0 Å². The van der Waals surface area contributed by atoms with Crippen LogP contribution in [0, 0.1) is 0 Å². The largest absolute Gasteiger partial charge is 0.451 e. The number of aromatic nitrogens is 1. The van der Waals surface area contributed by atoms with Crippen molar-refractivity contribution < 1.29 is 9.21 Å². The molecule has 1 amide bonds. The van der Waals surface area contributed by atoms with Crippen LogP contribution in [0.15, 0.2) is 17.1 Å². The van der Waals surface area contributed by atoms with E-state index >= 15 is 0 Å². The molecule has 2 N–H and O–H groups in total. The molecule has 5 heteroatoms. The lowest BCUT2D eigenvalue weighted by molar-refractivity contribution is 0.0935. The van der Waals surface area contributed by atoms with Crippen molar-refractivity contribution in [3.05, 3.63) is 18.4 Å². The molecule has 0 radical (unpaired) electrons. The number of nitrogens with one attached hydrogen (secondary N) is 2. The summed E-state index contributed by atoms with van der Waals surface area (Å²) in [7, 11) is 0. The van der Waals surface area contributed by atoms with Crippen LogP contribution in [0.4, 0.5) is 0 Å². The van der Waals surface area contributed by atoms with Crippen molar-refractivity contribution in [1.82, 2.24) is 15.6 Å². The first kappa shape index (κ1) is 8.25. The minimum Gasteiger partial charge on any atom is -0.451 e. The third-order valence-electron chi connectivity index (χ3n) is 2.06. The van der Waals surface area contributed by atoms with Crippen LogP contribution >= 0.6 is 0 Å². The summed E-state index contributed by atoms with van der Waals surface area (Å²) < 4.78 is 4.71. The van der Waals surface area contributed by atoms with Crippen LogP contribution in [0.3, 0.4) is 0 Å². The van der Waals surface area contributed by atoms with Gasteiger partial charge in [-0.15, -0.1) is 0 Å². The van der Waals surface area contributed by atoms with E-state index in [9.17, 15) is 4.79 Å². The Labute approximate surface area is 75.5 Å². The molecule has 5 nitrogen and oxygen atoms in total. The zero-order chi connectivity index (χ0) is 9.10. The van der Waals surface area contributed by atoms with Crippen LogP contribution in [-0.4, -0.2) is 30.0 Å². The van der Waals surface area contributed by atoms with E-state index in [0.29, 0.717) is 5.69 Å². The van der Waals surface area contributed by atoms with Crippen LogP contribution in [0.5, 0.6) is 0 Å². The fraction of sp³-hybridized carbons (Fsp3) is 0.500. The van der Waals surface area contributed by atoms with Crippen molar-refractivity contribution in [2.75, 3.05) is 13.1 Å². The molecule has 0 saturated carbocycles. The molecule has 0 aromatic carbocycles. The highest BCUT2D eigenvalue weighted by Crippen LogP contribution is 2.00. The molecule has 1 aromatic rings. The minimum atomic E-state index is -0.164. The molecular formula is C8H11N3O2. The molecule has 0 bridgehead atoms. The third kappa shape index (κ3) is 1.86. The van der Waals surface area contributed by atoms with Crippen molar-refractivity contribution in [1.29, 1.82) is 0 Å². The lowest BCUT2D eigenvalue weighted by atomic mass is 10.2. The Bertz CT molecular complexity index is 278. The number of rotatable bonds is 2. The molecule has 1 aliphatic rings. The average molecular weight is 181 g/mol. The van der Waals surface area contributed by atoms with Crippen LogP contribution in [0.1, 0.15) is 16.9 Å². The SMILES string of the molecule is O=C(N[C@H]1CCNC1)c1cocn1. The van der Waals surface area contributed by atoms with Crippen molar-refractivity contribution in [2.45, 2.75) is 12.5 Å². The second kappa shape index (κ2) is 3.57. The maximum Gasteiger partial charge on any atom is 0.273 e. The Hall–Kier alpha value is -1.36. The molecule has 0 unspecified atom stereocenters. The zero-order valence-electron chi connectivity index (χ0n) is 7.12. The first-order chi connectivity index (χ1) is 6.36. The zero-order valence-corrected chi connectivity index (χ0v) is 7.12. The van der Waals surface area contributed by atoms with E-state index in [0.717, 1.165) is 19.5 Å². The van der Waals surface area contributed by atoms with E-state index in [1.165, 1.54) is 12.7 Å². The predicted molar refractivity (Wildman–Crippen MR) is 45.2 cm³/mol. The van der Waals surface area contributed by atoms with Gasteiger partial charge in [-0.05, 0) is 13.0 Å². The van der Waals surface area contributed by atoms with E-state index < -0.39 is 0 Å². The number of oxazole rings is 1. The standard InChI is InChI=1S/C8H11N3O2/c12-8(7-4-13-5-10-7)11-6-1-2-9-3-6/h4-6,9H,1-3H2,(H,11,12)/t6-/m0/s1. The van der Waals surface area contributed by atoms with Crippen LogP contribution in [0.2, 0.25) is 0 Å². The molecule has 1 saturated heterocycles. The van der Waals surface area contributed by atoms with Gasteiger partial charge in [0.1, 0.15) is 6.26 Å². The Morgan fingerprint density at radius 1 is 1.77 bits per heavy atom. The lowest BCUT2D eigenvalue weighted by Gasteiger charge is -2.08. The molecule has 1 aliphatic heterocycles. The first-order valence-electron chi connectivity index (χ1n) is 4.26. The van der Waals surface area contributed by atoms with Crippen LogP contribution in [0.25, 0.3) is 0 Å². The summed E-state index contributed by atoms with van der Waals surface area (Å²) in [4.78, 5) is 15.2. The average Bonchev–Trinajstić information content (AvgIpc) is 2.74. The Morgan fingerprint density at radius 3 is 3.31 bits per heavy atom. The van der Waals surface area contributed by atoms with Crippen LogP contribution < -0.4 is 10.6 Å². The summed E-state index contributed by atoms with van der Waals surface area (Å²) in [5.74, 6) is -0.164. The fourth-order valence-electron chi connectivity index (χ4n) is 1.36. The number of carbonyl (C=O) groups excluding carboxylic acids is 1. The van der Waals surface area contributed by atoms with E-state index in [4.69, 9.17) is 4.42 Å². The Morgan fingerprint density at radius 2 is 2.69 bits per heavy atom. The van der Waals surface area contributed by atoms with Gasteiger partial charge in [0.05, 0.1) is 0 Å². The van der Waals surface area contributed by atoms with Crippen molar-refractivity contribution in [2.24, 2.45) is 0 Å². The van der Waals surface area contributed by atoms with Gasteiger partial charge in [0, 0.05) is 12.6 Å². The van der Waals surface area contributed by atoms with Gasteiger partial charge in [-0.1, -0.05) is 0 Å². The number of hydrogen-bond donors (Lipinski definition) is 2. The molecule has 1 fully saturated rings. The first-order valence-corrected chi connectivity index (χ1v) is 4.26. The normalized spacial score (nSPS) is 21.7. The Kier molecular flexibility index (Phi) is 2.27. The highest BCUT2D eigenvalue weighted by Gasteiger charge is 2.18. The number of nitrogens with zero attached hydrogens (tertiary/aromatic N) is 1. The number of hydrogen-bond acceptors (Lipinski definition) is 4. The van der Waals surface area contributed by atoms with Gasteiger partial charge in [0.15, 0.2) is 12.1 Å². The molecule has 2 rings (SSSR count). The molecular weight excluding hydrogens is 170 g/mol. The second-order valence-electron chi connectivity index (χ2n) is 3.04. The molecule has 70 valence electrons. The number of carbonyl (C=O) groups is 1. The summed E-state index contributed by atoms with van der Waals surface area (Å²) in [6, 6.07) is 0.226. The molecule has 0 aliphatic carbocycles. The van der Waals surface area contributed by atoms with E-state index in [1.807, 2.05) is 0 Å². The summed E-state index contributed by atoms with van der Waals surface area (Å²) in [6.45, 7) is 1.80. The summed E-state index contributed by atoms with van der Waals surface area (Å²) in [6.07, 6.45) is 3.57. The van der Waals surface area contributed by atoms with Gasteiger partial charge in [0.25, 0.3) is 5.91 Å². The molecule has 13 heavy (non-hydrogen) atoms. The van der Waals surface area contributed by atoms with Crippen molar-refractivity contribution in [3.8, 4) is 0 Å². The molecule has 1 aromatic heterocycles. The molecule has 2 heterocycles. The molecule has 0 spiro atoms. The third-order valence-corrected chi connectivity index (χ3v) is 2.06. The predicted octanol–water partition coefficient (Wildman–Crippen LogP) is -0.234. The van der Waals surface area contributed by atoms with Gasteiger partial charge in [-0.2, -0.15) is 0 Å². The highest BCUT2D eigenvalue weighted by atomic mass is 16.3. The lowest BCUT2D eigenvalue weighted by Crippen LogP contribution is -2.36. The van der Waals surface area contributed by atoms with Gasteiger partial charge < -0.3 is 15.1 Å². The van der Waals surface area contributed by atoms with Crippen molar-refractivity contribution >= 4 is 5.91 Å².